The zero-order valence-electron chi connectivity index (χ0n) is 15.8. The number of para-hydroxylation sites is 1. The Labute approximate surface area is 167 Å². The quantitative estimate of drug-likeness (QED) is 0.723. The number of nitrogens with zero attached hydrogens (tertiary/aromatic N) is 2. The highest BCUT2D eigenvalue weighted by atomic mass is 35.5. The third-order valence-corrected chi connectivity index (χ3v) is 4.62. The van der Waals surface area contributed by atoms with Crippen LogP contribution in [0.4, 0.5) is 0 Å². The summed E-state index contributed by atoms with van der Waals surface area (Å²) in [4.78, 5) is 12.6. The van der Waals surface area contributed by atoms with Gasteiger partial charge in [-0.05, 0) is 56.8 Å². The smallest absolute Gasteiger partial charge is 0.275 e. The highest BCUT2D eigenvalue weighted by molar-refractivity contribution is 5.94. The number of nitrogens with one attached hydrogen (secondary N) is 2. The number of aromatic nitrogens is 2. The van der Waals surface area contributed by atoms with Gasteiger partial charge in [-0.2, -0.15) is 5.10 Å². The maximum atomic E-state index is 12.6. The lowest BCUT2D eigenvalue weighted by molar-refractivity contribution is 0.0941. The molecule has 0 spiro atoms. The molecule has 148 valence electrons. The molecule has 3 rings (SSSR count). The summed E-state index contributed by atoms with van der Waals surface area (Å²) in [5.41, 5.74) is 1.25. The molecule has 0 radical (unpaired) electrons. The molecule has 2 N–H and O–H groups in total. The molecule has 0 bridgehead atoms. The summed E-state index contributed by atoms with van der Waals surface area (Å²) in [5, 5.41) is 10.9. The zero-order valence-corrected chi connectivity index (χ0v) is 16.6. The molecule has 1 saturated heterocycles. The van der Waals surface area contributed by atoms with Crippen molar-refractivity contribution in [1.82, 2.24) is 20.4 Å². The van der Waals surface area contributed by atoms with E-state index >= 15 is 0 Å². The largest absolute Gasteiger partial charge is 0.489 e. The third kappa shape index (κ3) is 5.97. The monoisotopic (exact) mass is 392 g/mol. The lowest BCUT2D eigenvalue weighted by Crippen LogP contribution is -2.33. The van der Waals surface area contributed by atoms with Gasteiger partial charge in [-0.3, -0.25) is 4.79 Å². The van der Waals surface area contributed by atoms with Crippen LogP contribution in [-0.4, -0.2) is 41.9 Å². The van der Waals surface area contributed by atoms with Crippen molar-refractivity contribution in [2.75, 3.05) is 26.2 Å². The van der Waals surface area contributed by atoms with Crippen LogP contribution in [0.5, 0.6) is 5.75 Å². The van der Waals surface area contributed by atoms with E-state index in [0.29, 0.717) is 30.5 Å². The highest BCUT2D eigenvalue weighted by Gasteiger charge is 2.19. The molecule has 0 aliphatic carbocycles. The first kappa shape index (κ1) is 21.3. The van der Waals surface area contributed by atoms with Gasteiger partial charge in [-0.1, -0.05) is 25.1 Å². The van der Waals surface area contributed by atoms with Crippen molar-refractivity contribution in [3.63, 3.8) is 0 Å². The van der Waals surface area contributed by atoms with E-state index in [1.807, 2.05) is 37.3 Å². The molecule has 1 aliphatic rings. The van der Waals surface area contributed by atoms with Crippen LogP contribution in [-0.2, 0) is 0 Å². The van der Waals surface area contributed by atoms with E-state index in [1.165, 1.54) is 12.8 Å². The van der Waals surface area contributed by atoms with Crippen LogP contribution in [0.1, 0.15) is 43.1 Å². The molecule has 2 aromatic rings. The molecular formula is C20H29ClN4O2. The number of carbonyl (C=O) groups excluding carboxylic acids is 1. The highest BCUT2D eigenvalue weighted by Crippen LogP contribution is 2.20. The number of hydrogen-bond donors (Lipinski definition) is 2. The van der Waals surface area contributed by atoms with E-state index in [1.54, 1.807) is 10.9 Å². The average molecular weight is 393 g/mol. The first-order valence-corrected chi connectivity index (χ1v) is 9.54. The molecule has 27 heavy (non-hydrogen) atoms. The van der Waals surface area contributed by atoms with Crippen molar-refractivity contribution >= 4 is 18.3 Å². The van der Waals surface area contributed by atoms with Gasteiger partial charge in [0.15, 0.2) is 11.4 Å². The van der Waals surface area contributed by atoms with Crippen molar-refractivity contribution < 1.29 is 9.53 Å². The fourth-order valence-corrected chi connectivity index (χ4v) is 3.19. The summed E-state index contributed by atoms with van der Waals surface area (Å²) in [6, 6.07) is 9.75. The predicted octanol–water partition coefficient (Wildman–Crippen LogP) is 3.20. The van der Waals surface area contributed by atoms with Gasteiger partial charge in [0.25, 0.3) is 5.91 Å². The first-order chi connectivity index (χ1) is 12.8. The van der Waals surface area contributed by atoms with E-state index in [9.17, 15) is 4.79 Å². The molecule has 6 nitrogen and oxygen atoms in total. The Hall–Kier alpha value is -2.05. The van der Waals surface area contributed by atoms with Gasteiger partial charge in [-0.25, -0.2) is 4.68 Å². The molecular weight excluding hydrogens is 364 g/mol. The van der Waals surface area contributed by atoms with Crippen LogP contribution in [0.25, 0.3) is 5.69 Å². The summed E-state index contributed by atoms with van der Waals surface area (Å²) in [5.74, 6) is 1.00. The summed E-state index contributed by atoms with van der Waals surface area (Å²) in [6.07, 6.45) is 6.10. The van der Waals surface area contributed by atoms with Gasteiger partial charge in [0, 0.05) is 6.54 Å². The number of carbonyl (C=O) groups is 1. The van der Waals surface area contributed by atoms with Crippen LogP contribution >= 0.6 is 12.4 Å². The molecule has 2 heterocycles. The van der Waals surface area contributed by atoms with Crippen molar-refractivity contribution in [2.24, 2.45) is 5.92 Å². The molecule has 0 saturated carbocycles. The van der Waals surface area contributed by atoms with Crippen LogP contribution in [0.3, 0.4) is 0 Å². The zero-order chi connectivity index (χ0) is 18.2. The standard InChI is InChI=1S/C20H28N4O2.ClH/c1-2-13-26-18-15-24(17-8-4-3-5-9-17)23-19(18)20(25)22-12-10-16-7-6-11-21-14-16;/h3-5,8-9,15-16,21H,2,6-7,10-14H2,1H3,(H,22,25);1H. The molecule has 1 amide bonds. The number of rotatable bonds is 8. The topological polar surface area (TPSA) is 68.2 Å². The molecule has 1 aromatic heterocycles. The first-order valence-electron chi connectivity index (χ1n) is 9.54. The Bertz CT molecular complexity index is 699. The molecule has 1 unspecified atom stereocenters. The second kappa shape index (κ2) is 10.9. The lowest BCUT2D eigenvalue weighted by atomic mass is 9.96. The van der Waals surface area contributed by atoms with Crippen molar-refractivity contribution in [1.29, 1.82) is 0 Å². The summed E-state index contributed by atoms with van der Waals surface area (Å²) in [6.45, 7) is 5.42. The maximum absolute atomic E-state index is 12.6. The van der Waals surface area contributed by atoms with Crippen LogP contribution in [0.2, 0.25) is 0 Å². The van der Waals surface area contributed by atoms with E-state index in [0.717, 1.165) is 31.6 Å². The normalized spacial score (nSPS) is 16.4. The number of benzene rings is 1. The Morgan fingerprint density at radius 2 is 2.19 bits per heavy atom. The predicted molar refractivity (Wildman–Crippen MR) is 109 cm³/mol. The Morgan fingerprint density at radius 1 is 1.37 bits per heavy atom. The van der Waals surface area contributed by atoms with E-state index in [-0.39, 0.29) is 18.3 Å². The molecule has 7 heteroatoms. The summed E-state index contributed by atoms with van der Waals surface area (Å²) in [7, 11) is 0. The van der Waals surface area contributed by atoms with E-state index in [2.05, 4.69) is 15.7 Å². The van der Waals surface area contributed by atoms with Gasteiger partial charge in [0.1, 0.15) is 0 Å². The Morgan fingerprint density at radius 3 is 2.89 bits per heavy atom. The summed E-state index contributed by atoms with van der Waals surface area (Å²) >= 11 is 0. The Balaban J connectivity index is 0.00000261. The minimum absolute atomic E-state index is 0. The fourth-order valence-electron chi connectivity index (χ4n) is 3.19. The summed E-state index contributed by atoms with van der Waals surface area (Å²) < 4.78 is 7.45. The second-order valence-electron chi connectivity index (χ2n) is 6.73. The van der Waals surface area contributed by atoms with Gasteiger partial charge in [0.05, 0.1) is 18.5 Å². The molecule has 1 aliphatic heterocycles. The molecule has 1 atom stereocenters. The van der Waals surface area contributed by atoms with Gasteiger partial charge < -0.3 is 15.4 Å². The Kier molecular flexibility index (Phi) is 8.61. The van der Waals surface area contributed by atoms with Crippen molar-refractivity contribution in [3.05, 3.63) is 42.2 Å². The van der Waals surface area contributed by atoms with Crippen molar-refractivity contribution in [3.8, 4) is 11.4 Å². The van der Waals surface area contributed by atoms with Gasteiger partial charge in [-0.15, -0.1) is 12.4 Å². The average Bonchev–Trinajstić information content (AvgIpc) is 3.12. The SMILES string of the molecule is CCCOc1cn(-c2ccccc2)nc1C(=O)NCCC1CCCNC1.Cl. The van der Waals surface area contributed by atoms with Crippen LogP contribution in [0.15, 0.2) is 36.5 Å². The van der Waals surface area contributed by atoms with E-state index in [4.69, 9.17) is 4.74 Å². The number of halogens is 1. The van der Waals surface area contributed by atoms with E-state index < -0.39 is 0 Å². The van der Waals surface area contributed by atoms with Crippen molar-refractivity contribution in [2.45, 2.75) is 32.6 Å². The third-order valence-electron chi connectivity index (χ3n) is 4.62. The number of amides is 1. The lowest BCUT2D eigenvalue weighted by Gasteiger charge is -2.22. The fraction of sp³-hybridized carbons (Fsp3) is 0.500. The maximum Gasteiger partial charge on any atom is 0.275 e. The molecule has 1 fully saturated rings. The van der Waals surface area contributed by atoms with Crippen LogP contribution in [0, 0.1) is 5.92 Å². The number of hydrogen-bond acceptors (Lipinski definition) is 4. The minimum Gasteiger partial charge on any atom is -0.489 e. The number of piperidine rings is 1. The minimum atomic E-state index is -0.172. The second-order valence-corrected chi connectivity index (χ2v) is 6.73. The van der Waals surface area contributed by atoms with Gasteiger partial charge >= 0.3 is 0 Å². The number of ether oxygens (including phenoxy) is 1. The van der Waals surface area contributed by atoms with Crippen LogP contribution < -0.4 is 15.4 Å². The molecule has 1 aromatic carbocycles. The van der Waals surface area contributed by atoms with Gasteiger partial charge in [0.2, 0.25) is 0 Å².